The van der Waals surface area contributed by atoms with Crippen molar-refractivity contribution in [3.8, 4) is 61.8 Å². The summed E-state index contributed by atoms with van der Waals surface area (Å²) in [6.45, 7) is 17.9. The number of rotatable bonds is 7. The van der Waals surface area contributed by atoms with Crippen LogP contribution in [0.2, 0.25) is 19.6 Å². The molecule has 7 rings (SSSR count). The molecule has 3 heterocycles. The molecule has 0 aliphatic rings. The minimum atomic E-state index is -1.70. The van der Waals surface area contributed by atoms with Crippen molar-refractivity contribution in [2.75, 3.05) is 0 Å². The zero-order valence-corrected chi connectivity index (χ0v) is 32.8. The lowest BCUT2D eigenvalue weighted by Gasteiger charge is -2.24. The van der Waals surface area contributed by atoms with Crippen LogP contribution >= 0.6 is 0 Å². The molecule has 3 aromatic heterocycles. The SMILES string of the molecule is CC(C)c1cc(-c2nc3c(-c4cc(-c5ccccc5)cc(-c5cc(-c6ccccc6)c([Si](C)(C)C)cn5)c4)cncc3n2C)c(O)c(C(C)(C)C)c1. The van der Waals surface area contributed by atoms with E-state index in [9.17, 15) is 5.11 Å². The Morgan fingerprint density at radius 2 is 1.31 bits per heavy atom. The van der Waals surface area contributed by atoms with Gasteiger partial charge in [-0.15, -0.1) is 0 Å². The lowest BCUT2D eigenvalue weighted by atomic mass is 9.82. The number of imidazole rings is 1. The smallest absolute Gasteiger partial charge is 0.144 e. The molecule has 6 heteroatoms. The van der Waals surface area contributed by atoms with Gasteiger partial charge in [0.2, 0.25) is 0 Å². The Morgan fingerprint density at radius 1 is 0.673 bits per heavy atom. The molecule has 0 saturated heterocycles. The summed E-state index contributed by atoms with van der Waals surface area (Å²) in [6, 6.07) is 34.4. The van der Waals surface area contributed by atoms with Crippen molar-refractivity contribution in [2.45, 2.75) is 65.6 Å². The molecular weight excluding hydrogens is 653 g/mol. The third-order valence-electron chi connectivity index (χ3n) is 10.1. The van der Waals surface area contributed by atoms with Crippen LogP contribution in [0.5, 0.6) is 5.75 Å². The summed E-state index contributed by atoms with van der Waals surface area (Å²) in [6.07, 6.45) is 5.89. The fourth-order valence-corrected chi connectivity index (χ4v) is 8.56. The van der Waals surface area contributed by atoms with Crippen molar-refractivity contribution in [3.05, 3.63) is 127 Å². The first-order valence-electron chi connectivity index (χ1n) is 18.2. The van der Waals surface area contributed by atoms with Crippen LogP contribution < -0.4 is 5.19 Å². The molecular formula is C46H48N4OSi. The average Bonchev–Trinajstić information content (AvgIpc) is 3.47. The van der Waals surface area contributed by atoms with Crippen LogP contribution in [0.1, 0.15) is 51.7 Å². The number of aromatic hydroxyl groups is 1. The molecule has 4 aromatic carbocycles. The Bertz CT molecular complexity index is 2420. The first-order valence-corrected chi connectivity index (χ1v) is 21.7. The Morgan fingerprint density at radius 3 is 1.94 bits per heavy atom. The number of hydrogen-bond acceptors (Lipinski definition) is 4. The average molecular weight is 701 g/mol. The molecule has 0 bridgehead atoms. The first kappa shape index (κ1) is 35.1. The van der Waals surface area contributed by atoms with E-state index in [1.165, 1.54) is 21.9 Å². The second-order valence-electron chi connectivity index (χ2n) is 16.3. The number of fused-ring (bicyclic) bond motifs is 1. The van der Waals surface area contributed by atoms with Crippen LogP contribution in [0, 0.1) is 0 Å². The number of aromatic nitrogens is 4. The van der Waals surface area contributed by atoms with Crippen LogP contribution in [0.15, 0.2) is 116 Å². The molecule has 1 N–H and O–H groups in total. The van der Waals surface area contributed by atoms with E-state index in [1.54, 1.807) is 0 Å². The summed E-state index contributed by atoms with van der Waals surface area (Å²) in [5.41, 5.74) is 12.9. The van der Waals surface area contributed by atoms with Gasteiger partial charge in [0.25, 0.3) is 0 Å². The van der Waals surface area contributed by atoms with Gasteiger partial charge in [-0.25, -0.2) is 4.98 Å². The predicted molar refractivity (Wildman–Crippen MR) is 221 cm³/mol. The fraction of sp³-hybridized carbons (Fsp3) is 0.239. The third-order valence-corrected chi connectivity index (χ3v) is 12.1. The maximum atomic E-state index is 11.7. The Hall–Kier alpha value is -5.33. The second-order valence-corrected chi connectivity index (χ2v) is 21.4. The molecule has 0 amide bonds. The van der Waals surface area contributed by atoms with Gasteiger partial charge in [-0.05, 0) is 80.2 Å². The molecule has 7 aromatic rings. The number of aryl methyl sites for hydroxylation is 1. The standard InChI is InChI=1S/C46H48N4OSi/c1-29(2)32-23-37(44(51)39(24-32)46(3,4)5)45-49-43-38(26-47-27-41(43)50(45)6)34-20-33(30-16-12-10-13-17-30)21-35(22-34)40-25-36(31-18-14-11-15-19-31)42(28-48-40)52(7,8)9/h10-29,51H,1-9H3. The second kappa shape index (κ2) is 13.3. The van der Waals surface area contributed by atoms with Crippen molar-refractivity contribution in [1.82, 2.24) is 19.5 Å². The van der Waals surface area contributed by atoms with E-state index in [0.717, 1.165) is 55.7 Å². The monoisotopic (exact) mass is 700 g/mol. The minimum absolute atomic E-state index is 0.239. The van der Waals surface area contributed by atoms with Gasteiger partial charge >= 0.3 is 0 Å². The van der Waals surface area contributed by atoms with Crippen molar-refractivity contribution in [3.63, 3.8) is 0 Å². The lowest BCUT2D eigenvalue weighted by molar-refractivity contribution is 0.447. The van der Waals surface area contributed by atoms with E-state index in [-0.39, 0.29) is 11.2 Å². The summed E-state index contributed by atoms with van der Waals surface area (Å²) >= 11 is 0. The van der Waals surface area contributed by atoms with Crippen LogP contribution in [0.3, 0.4) is 0 Å². The van der Waals surface area contributed by atoms with E-state index < -0.39 is 8.07 Å². The van der Waals surface area contributed by atoms with Crippen LogP contribution in [-0.4, -0.2) is 32.7 Å². The number of phenols is 1. The van der Waals surface area contributed by atoms with Gasteiger partial charge < -0.3 is 9.67 Å². The Balaban J connectivity index is 1.46. The topological polar surface area (TPSA) is 63.8 Å². The Labute approximate surface area is 309 Å². The highest BCUT2D eigenvalue weighted by Crippen LogP contribution is 2.43. The highest BCUT2D eigenvalue weighted by Gasteiger charge is 2.26. The molecule has 0 aliphatic carbocycles. The van der Waals surface area contributed by atoms with Gasteiger partial charge in [0.05, 0.1) is 31.0 Å². The zero-order valence-electron chi connectivity index (χ0n) is 31.8. The summed E-state index contributed by atoms with van der Waals surface area (Å²) in [4.78, 5) is 15.2. The molecule has 0 unspecified atom stereocenters. The first-order chi connectivity index (χ1) is 24.7. The molecule has 0 spiro atoms. The van der Waals surface area contributed by atoms with Crippen molar-refractivity contribution >= 4 is 24.3 Å². The van der Waals surface area contributed by atoms with Crippen molar-refractivity contribution in [2.24, 2.45) is 7.05 Å². The zero-order chi connectivity index (χ0) is 36.9. The maximum Gasteiger partial charge on any atom is 0.144 e. The number of nitrogens with zero attached hydrogens (tertiary/aromatic N) is 4. The largest absolute Gasteiger partial charge is 0.507 e. The van der Waals surface area contributed by atoms with E-state index in [2.05, 4.69) is 156 Å². The van der Waals surface area contributed by atoms with Gasteiger partial charge in [0.1, 0.15) is 17.1 Å². The quantitative estimate of drug-likeness (QED) is 0.168. The van der Waals surface area contributed by atoms with Crippen LogP contribution in [0.25, 0.3) is 67.1 Å². The van der Waals surface area contributed by atoms with E-state index >= 15 is 0 Å². The highest BCUT2D eigenvalue weighted by molar-refractivity contribution is 6.89. The molecule has 0 radical (unpaired) electrons. The Kier molecular flexibility index (Phi) is 9.00. The van der Waals surface area contributed by atoms with Crippen LogP contribution in [-0.2, 0) is 12.5 Å². The van der Waals surface area contributed by atoms with Crippen molar-refractivity contribution < 1.29 is 5.11 Å². The van der Waals surface area contributed by atoms with E-state index in [1.807, 2.05) is 25.5 Å². The summed E-state index contributed by atoms with van der Waals surface area (Å²) in [5.74, 6) is 1.29. The van der Waals surface area contributed by atoms with Crippen LogP contribution in [0.4, 0.5) is 0 Å². The predicted octanol–water partition coefficient (Wildman–Crippen LogP) is 11.4. The molecule has 262 valence electrons. The molecule has 0 fully saturated rings. The molecule has 5 nitrogen and oxygen atoms in total. The summed E-state index contributed by atoms with van der Waals surface area (Å²) in [7, 11) is 0.308. The third kappa shape index (κ3) is 6.59. The van der Waals surface area contributed by atoms with E-state index in [0.29, 0.717) is 11.7 Å². The number of hydrogen-bond donors (Lipinski definition) is 1. The highest BCUT2D eigenvalue weighted by atomic mass is 28.3. The van der Waals surface area contributed by atoms with Gasteiger partial charge in [-0.3, -0.25) is 9.97 Å². The van der Waals surface area contributed by atoms with Crippen molar-refractivity contribution in [1.29, 1.82) is 0 Å². The number of benzene rings is 4. The molecule has 0 aliphatic heterocycles. The van der Waals surface area contributed by atoms with Gasteiger partial charge in [0.15, 0.2) is 0 Å². The van der Waals surface area contributed by atoms with Gasteiger partial charge in [-0.1, -0.05) is 121 Å². The lowest BCUT2D eigenvalue weighted by Crippen LogP contribution is -2.39. The summed E-state index contributed by atoms with van der Waals surface area (Å²) < 4.78 is 2.06. The molecule has 0 saturated carbocycles. The molecule has 0 atom stereocenters. The van der Waals surface area contributed by atoms with Gasteiger partial charge in [-0.2, -0.15) is 0 Å². The number of pyridine rings is 2. The normalized spacial score (nSPS) is 12.2. The van der Waals surface area contributed by atoms with E-state index in [4.69, 9.17) is 15.0 Å². The maximum absolute atomic E-state index is 11.7. The van der Waals surface area contributed by atoms with Gasteiger partial charge in [0, 0.05) is 36.1 Å². The molecule has 52 heavy (non-hydrogen) atoms. The minimum Gasteiger partial charge on any atom is -0.507 e. The fourth-order valence-electron chi connectivity index (χ4n) is 7.08. The summed E-state index contributed by atoms with van der Waals surface area (Å²) in [5, 5.41) is 13.1. The number of phenolic OH excluding ortho intramolecular Hbond substituents is 1.